The summed E-state index contributed by atoms with van der Waals surface area (Å²) in [5, 5.41) is 10.4. The Hall–Kier alpha value is -4.82. The van der Waals surface area contributed by atoms with Gasteiger partial charge in [0.15, 0.2) is 0 Å². The van der Waals surface area contributed by atoms with Gasteiger partial charge in [0.1, 0.15) is 0 Å². The third kappa shape index (κ3) is 6.92. The van der Waals surface area contributed by atoms with Gasteiger partial charge in [0, 0.05) is 0 Å². The fourth-order valence-electron chi connectivity index (χ4n) is 11.3. The normalized spacial score (nSPS) is 16.4. The molecule has 4 heteroatoms. The molecule has 0 fully saturated rings. The number of benzene rings is 9. The monoisotopic (exact) mass is 921 g/mol. The van der Waals surface area contributed by atoms with E-state index in [4.69, 9.17) is 0 Å². The standard InChI is InChI=1S/2C25H19.C7H7.2ClH.H2Si.Zr/c2*1-16-10-21-11-17(2)13-25(23(21)12-16)22-9-5-8-20-14-18-6-3-4-7-19(18)15-24(20)22;1-7-5-3-2-4-6-7;;;;/h2*3-15H,1-2H3;2-6H,1H2;2*1H;1H2;. The minimum atomic E-state index is -3.46. The molecule has 0 nitrogen and oxygen atoms in total. The van der Waals surface area contributed by atoms with Crippen molar-refractivity contribution in [3.8, 4) is 22.3 Å². The number of rotatable bonds is 6. The summed E-state index contributed by atoms with van der Waals surface area (Å²) in [5.41, 5.74) is 18.7. The van der Waals surface area contributed by atoms with E-state index in [9.17, 15) is 0 Å². The van der Waals surface area contributed by atoms with Crippen molar-refractivity contribution in [2.45, 2.75) is 39.1 Å². The zero-order valence-electron chi connectivity index (χ0n) is 35.1. The summed E-state index contributed by atoms with van der Waals surface area (Å²) in [6.45, 7) is 12.1. The molecule has 9 aromatic rings. The van der Waals surface area contributed by atoms with Gasteiger partial charge in [-0.3, -0.25) is 0 Å². The number of hydrogen-bond acceptors (Lipinski definition) is 0. The summed E-state index contributed by atoms with van der Waals surface area (Å²) in [6.07, 6.45) is 5.19. The second-order valence-electron chi connectivity index (χ2n) is 17.6. The topological polar surface area (TPSA) is 0 Å². The van der Waals surface area contributed by atoms with Gasteiger partial charge in [0.05, 0.1) is 0 Å². The minimum absolute atomic E-state index is 0. The average Bonchev–Trinajstić information content (AvgIpc) is 3.77. The van der Waals surface area contributed by atoms with E-state index in [1.807, 2.05) is 0 Å². The van der Waals surface area contributed by atoms with Gasteiger partial charge in [0.25, 0.3) is 0 Å². The van der Waals surface area contributed by atoms with Crippen molar-refractivity contribution in [1.29, 1.82) is 0 Å². The van der Waals surface area contributed by atoms with Crippen LogP contribution in [0.1, 0.15) is 60.0 Å². The molecule has 0 saturated heterocycles. The van der Waals surface area contributed by atoms with Crippen LogP contribution in [0.25, 0.3) is 77.5 Å². The Balaban J connectivity index is 0.00000238. The number of allylic oxidation sites excluding steroid dienone is 2. The Kier molecular flexibility index (Phi) is 11.0. The summed E-state index contributed by atoms with van der Waals surface area (Å²) in [7, 11) is 0. The number of halogens is 2. The van der Waals surface area contributed by atoms with E-state index in [2.05, 4.69) is 211 Å². The summed E-state index contributed by atoms with van der Waals surface area (Å²) in [4.78, 5) is 0. The first-order valence-electron chi connectivity index (χ1n) is 21.1. The molecule has 0 aliphatic heterocycles. The van der Waals surface area contributed by atoms with Crippen molar-refractivity contribution < 1.29 is 18.9 Å². The fourth-order valence-corrected chi connectivity index (χ4v) is 32.8. The van der Waals surface area contributed by atoms with E-state index in [-0.39, 0.29) is 24.8 Å². The number of hydrogen-bond donors (Lipinski definition) is 0. The third-order valence-corrected chi connectivity index (χ3v) is 31.9. The van der Waals surface area contributed by atoms with Gasteiger partial charge >= 0.3 is 356 Å². The predicted molar refractivity (Wildman–Crippen MR) is 269 cm³/mol. The molecule has 9 aromatic carbocycles. The van der Waals surface area contributed by atoms with Crippen LogP contribution in [-0.4, -0.2) is 6.88 Å². The molecule has 11 rings (SSSR count). The van der Waals surface area contributed by atoms with Crippen LogP contribution in [0.2, 0.25) is 0 Å². The predicted octanol–water partition coefficient (Wildman–Crippen LogP) is 15.6. The van der Waals surface area contributed by atoms with Crippen LogP contribution in [-0.2, 0) is 23.0 Å². The van der Waals surface area contributed by atoms with Crippen molar-refractivity contribution in [2.75, 3.05) is 0 Å². The zero-order chi connectivity index (χ0) is 40.0. The molecule has 0 bridgehead atoms. The quantitative estimate of drug-likeness (QED) is 0.115. The molecule has 2 aliphatic rings. The second-order valence-corrected chi connectivity index (χ2v) is 35.2. The maximum atomic E-state index is 2.59. The van der Waals surface area contributed by atoms with Crippen molar-refractivity contribution in [3.05, 3.63) is 214 Å². The second kappa shape index (κ2) is 16.1. The smallest absolute Gasteiger partial charge is 0.147 e. The van der Waals surface area contributed by atoms with Gasteiger partial charge in [0.2, 0.25) is 0 Å². The molecule has 299 valence electrons. The molecular weight excluding hydrogens is 875 g/mol. The largest absolute Gasteiger partial charge is 0.147 e. The molecule has 0 N–H and O–H groups in total. The first-order chi connectivity index (χ1) is 28.7. The van der Waals surface area contributed by atoms with E-state index < -0.39 is 18.9 Å². The van der Waals surface area contributed by atoms with Crippen LogP contribution in [0.4, 0.5) is 0 Å². The third-order valence-electron chi connectivity index (χ3n) is 13.6. The van der Waals surface area contributed by atoms with Gasteiger partial charge in [-0.1, -0.05) is 0 Å². The summed E-state index contributed by atoms with van der Waals surface area (Å²) in [5.74, 6) is 0. The number of fused-ring (bicyclic) bond motifs is 6. The Morgan fingerprint density at radius 3 is 1.25 bits per heavy atom. The van der Waals surface area contributed by atoms with Gasteiger partial charge in [-0.25, -0.2) is 0 Å². The zero-order valence-corrected chi connectivity index (χ0v) is 40.6. The molecule has 2 unspecified atom stereocenters. The molecule has 0 amide bonds. The van der Waals surface area contributed by atoms with Gasteiger partial charge in [-0.15, -0.1) is 24.8 Å². The summed E-state index contributed by atoms with van der Waals surface area (Å²) in [6, 6.07) is 62.5. The SMILES string of the molecule is CC1=Cc2c(-c3cccc4cc5ccccc5cc34)cc(C)cc2[CH]1[Zr](=[SiH2])([CH2]c1ccccc1)[CH]1C(C)=Cc2c(-c3cccc4cc5ccccc5cc34)cc(C)cc21.Cl.Cl. The van der Waals surface area contributed by atoms with Crippen molar-refractivity contribution in [2.24, 2.45) is 0 Å². The van der Waals surface area contributed by atoms with Gasteiger partial charge in [-0.05, 0) is 0 Å². The van der Waals surface area contributed by atoms with Crippen molar-refractivity contribution in [3.63, 3.8) is 0 Å². The minimum Gasteiger partial charge on any atom is -0.147 e. The molecule has 0 radical (unpaired) electrons. The molecular formula is C57H49Cl2SiZr. The van der Waals surface area contributed by atoms with Crippen LogP contribution in [0.5, 0.6) is 0 Å². The van der Waals surface area contributed by atoms with Crippen LogP contribution in [0.3, 0.4) is 0 Å². The van der Waals surface area contributed by atoms with Crippen LogP contribution >= 0.6 is 24.8 Å². The van der Waals surface area contributed by atoms with Crippen LogP contribution < -0.4 is 0 Å². The van der Waals surface area contributed by atoms with Gasteiger partial charge in [-0.2, -0.15) is 0 Å². The molecule has 0 aromatic heterocycles. The molecule has 0 heterocycles. The van der Waals surface area contributed by atoms with Crippen molar-refractivity contribution >= 4 is 86.9 Å². The molecule has 2 atom stereocenters. The van der Waals surface area contributed by atoms with E-state index in [1.54, 1.807) is 22.3 Å². The molecule has 0 saturated carbocycles. The van der Waals surface area contributed by atoms with Crippen LogP contribution in [0, 0.1) is 13.8 Å². The Morgan fingerprint density at radius 1 is 0.410 bits per heavy atom. The first-order valence-corrected chi connectivity index (χ1v) is 31.6. The van der Waals surface area contributed by atoms with Gasteiger partial charge < -0.3 is 0 Å². The Bertz CT molecular complexity index is 3140. The van der Waals surface area contributed by atoms with E-state index in [0.717, 1.165) is 0 Å². The van der Waals surface area contributed by atoms with E-state index in [0.29, 0.717) is 7.25 Å². The first kappa shape index (κ1) is 41.5. The Labute approximate surface area is 378 Å². The fraction of sp³-hybridized carbons (Fsp3) is 0.123. The summed E-state index contributed by atoms with van der Waals surface area (Å²) >= 11 is -3.46. The molecule has 2 aliphatic carbocycles. The van der Waals surface area contributed by atoms with E-state index in [1.165, 1.54) is 97.3 Å². The maximum absolute atomic E-state index is 3.46. The number of aryl methyl sites for hydroxylation is 2. The summed E-state index contributed by atoms with van der Waals surface area (Å²) < 4.78 is 2.07. The van der Waals surface area contributed by atoms with Crippen molar-refractivity contribution in [1.82, 2.24) is 0 Å². The molecule has 0 spiro atoms. The average molecular weight is 924 g/mol. The van der Waals surface area contributed by atoms with E-state index >= 15 is 0 Å². The molecule has 61 heavy (non-hydrogen) atoms. The van der Waals surface area contributed by atoms with Crippen LogP contribution in [0.15, 0.2) is 175 Å². The Morgan fingerprint density at radius 2 is 0.803 bits per heavy atom. The maximum Gasteiger partial charge on any atom is -0.147 e.